The first-order valence-corrected chi connectivity index (χ1v) is 8.71. The molecule has 1 N–H and O–H groups in total. The van der Waals surface area contributed by atoms with E-state index in [-0.39, 0.29) is 17.4 Å². The Morgan fingerprint density at radius 3 is 2.82 bits per heavy atom. The lowest BCUT2D eigenvalue weighted by Gasteiger charge is -2.21. The molecular weight excluding hydrogens is 322 g/mol. The van der Waals surface area contributed by atoms with Gasteiger partial charge in [0.15, 0.2) is 5.12 Å². The molecule has 22 heavy (non-hydrogen) atoms. The van der Waals surface area contributed by atoms with Gasteiger partial charge >= 0.3 is 5.97 Å². The molecule has 1 aromatic rings. The summed E-state index contributed by atoms with van der Waals surface area (Å²) in [6.07, 6.45) is 2.51. The van der Waals surface area contributed by atoms with Gasteiger partial charge in [-0.25, -0.2) is 4.79 Å². The van der Waals surface area contributed by atoms with E-state index in [1.54, 1.807) is 17.4 Å². The molecule has 118 valence electrons. The zero-order chi connectivity index (χ0) is 16.1. The first kappa shape index (κ1) is 16.8. The minimum Gasteiger partial charge on any atom is -0.479 e. The number of carboxylic acid groups (broad SMARTS) is 1. The normalized spacial score (nSPS) is 17.4. The number of hydrogen-bond acceptors (Lipinski definition) is 5. The summed E-state index contributed by atoms with van der Waals surface area (Å²) in [5.74, 6) is -0.857. The SMILES string of the molecule is CC(=O)SCCC(=O)N1CC(Cc2cccs2)=C[C@H]1C(=O)O. The molecule has 0 fully saturated rings. The van der Waals surface area contributed by atoms with Gasteiger partial charge in [-0.2, -0.15) is 0 Å². The summed E-state index contributed by atoms with van der Waals surface area (Å²) in [6, 6.07) is 3.05. The summed E-state index contributed by atoms with van der Waals surface area (Å²) >= 11 is 2.70. The van der Waals surface area contributed by atoms with Crippen LogP contribution in [0.1, 0.15) is 18.2 Å². The highest BCUT2D eigenvalue weighted by Gasteiger charge is 2.33. The molecule has 0 bridgehead atoms. The summed E-state index contributed by atoms with van der Waals surface area (Å²) < 4.78 is 0. The lowest BCUT2D eigenvalue weighted by molar-refractivity contribution is -0.146. The van der Waals surface area contributed by atoms with Gasteiger partial charge in [0.1, 0.15) is 6.04 Å². The Labute approximate surface area is 137 Å². The molecule has 1 atom stereocenters. The highest BCUT2D eigenvalue weighted by molar-refractivity contribution is 8.13. The Morgan fingerprint density at radius 2 is 2.23 bits per heavy atom. The Hall–Kier alpha value is -1.60. The Kier molecular flexibility index (Phi) is 5.79. The van der Waals surface area contributed by atoms with Crippen LogP contribution in [-0.2, 0) is 20.8 Å². The van der Waals surface area contributed by atoms with Gasteiger partial charge in [-0.15, -0.1) is 11.3 Å². The molecule has 1 amide bonds. The van der Waals surface area contributed by atoms with Crippen LogP contribution in [0.4, 0.5) is 0 Å². The first-order chi connectivity index (χ1) is 10.5. The zero-order valence-electron chi connectivity index (χ0n) is 12.2. The molecule has 5 nitrogen and oxygen atoms in total. The number of hydrogen-bond donors (Lipinski definition) is 1. The van der Waals surface area contributed by atoms with Gasteiger partial charge < -0.3 is 10.0 Å². The van der Waals surface area contributed by atoms with E-state index in [1.165, 1.54) is 11.8 Å². The molecule has 0 aliphatic carbocycles. The fourth-order valence-corrected chi connectivity index (χ4v) is 3.63. The van der Waals surface area contributed by atoms with Crippen molar-refractivity contribution in [2.24, 2.45) is 0 Å². The second kappa shape index (κ2) is 7.60. The number of rotatable bonds is 6. The number of nitrogens with zero attached hydrogens (tertiary/aromatic N) is 1. The molecule has 1 aromatic heterocycles. The smallest absolute Gasteiger partial charge is 0.330 e. The molecular formula is C15H17NO4S2. The van der Waals surface area contributed by atoms with E-state index in [2.05, 4.69) is 0 Å². The van der Waals surface area contributed by atoms with E-state index >= 15 is 0 Å². The number of amides is 1. The predicted molar refractivity (Wildman–Crippen MR) is 87.0 cm³/mol. The van der Waals surface area contributed by atoms with Crippen molar-refractivity contribution < 1.29 is 19.5 Å². The second-order valence-corrected chi connectivity index (χ2v) is 7.28. The maximum Gasteiger partial charge on any atom is 0.330 e. The number of thiophene rings is 1. The zero-order valence-corrected chi connectivity index (χ0v) is 13.8. The summed E-state index contributed by atoms with van der Waals surface area (Å²) in [4.78, 5) is 37.0. The largest absolute Gasteiger partial charge is 0.479 e. The minimum absolute atomic E-state index is 0.0412. The van der Waals surface area contributed by atoms with E-state index in [0.29, 0.717) is 18.7 Å². The third kappa shape index (κ3) is 4.45. The van der Waals surface area contributed by atoms with E-state index in [9.17, 15) is 19.5 Å². The van der Waals surface area contributed by atoms with Gasteiger partial charge in [-0.3, -0.25) is 9.59 Å². The Bertz CT molecular complexity index is 595. The van der Waals surface area contributed by atoms with E-state index in [0.717, 1.165) is 22.2 Å². The van der Waals surface area contributed by atoms with Gasteiger partial charge in [-0.05, 0) is 23.1 Å². The van der Waals surface area contributed by atoms with Crippen LogP contribution >= 0.6 is 23.1 Å². The van der Waals surface area contributed by atoms with Crippen molar-refractivity contribution in [2.45, 2.75) is 25.8 Å². The van der Waals surface area contributed by atoms with E-state index < -0.39 is 12.0 Å². The fraction of sp³-hybridized carbons (Fsp3) is 0.400. The predicted octanol–water partition coefficient (Wildman–Crippen LogP) is 2.18. The van der Waals surface area contributed by atoms with Gasteiger partial charge in [0.2, 0.25) is 5.91 Å². The number of aliphatic carboxylic acids is 1. The summed E-state index contributed by atoms with van der Waals surface area (Å²) in [7, 11) is 0. The lowest BCUT2D eigenvalue weighted by Crippen LogP contribution is -2.41. The Balaban J connectivity index is 1.98. The number of carbonyl (C=O) groups is 3. The molecule has 1 aliphatic rings. The van der Waals surface area contributed by atoms with Crippen LogP contribution in [0, 0.1) is 0 Å². The molecule has 0 spiro atoms. The van der Waals surface area contributed by atoms with Crippen LogP contribution in [0.3, 0.4) is 0 Å². The van der Waals surface area contributed by atoms with Gasteiger partial charge in [0.05, 0.1) is 0 Å². The van der Waals surface area contributed by atoms with Crippen molar-refractivity contribution in [3.63, 3.8) is 0 Å². The lowest BCUT2D eigenvalue weighted by atomic mass is 10.1. The third-order valence-corrected chi connectivity index (χ3v) is 4.97. The molecule has 2 rings (SSSR count). The van der Waals surface area contributed by atoms with Crippen LogP contribution in [0.2, 0.25) is 0 Å². The van der Waals surface area contributed by atoms with Crippen molar-refractivity contribution in [3.8, 4) is 0 Å². The topological polar surface area (TPSA) is 74.7 Å². The van der Waals surface area contributed by atoms with Crippen molar-refractivity contribution in [3.05, 3.63) is 34.0 Å². The second-order valence-electron chi connectivity index (χ2n) is 4.98. The molecule has 0 unspecified atom stereocenters. The third-order valence-electron chi connectivity index (χ3n) is 3.28. The van der Waals surface area contributed by atoms with Crippen molar-refractivity contribution in [1.82, 2.24) is 4.90 Å². The maximum absolute atomic E-state index is 12.2. The molecule has 0 radical (unpaired) electrons. The monoisotopic (exact) mass is 339 g/mol. The molecule has 2 heterocycles. The average Bonchev–Trinajstić information content (AvgIpc) is 3.08. The van der Waals surface area contributed by atoms with Crippen LogP contribution in [0.5, 0.6) is 0 Å². The van der Waals surface area contributed by atoms with Gasteiger partial charge in [-0.1, -0.05) is 17.8 Å². The van der Waals surface area contributed by atoms with Crippen LogP contribution in [-0.4, -0.2) is 45.3 Å². The van der Waals surface area contributed by atoms with Gasteiger partial charge in [0.25, 0.3) is 0 Å². The quantitative estimate of drug-likeness (QED) is 0.804. The molecule has 1 aliphatic heterocycles. The number of carboxylic acids is 1. The molecule has 0 aromatic carbocycles. The highest BCUT2D eigenvalue weighted by atomic mass is 32.2. The molecule has 0 saturated heterocycles. The van der Waals surface area contributed by atoms with Crippen LogP contribution < -0.4 is 0 Å². The molecule has 0 saturated carbocycles. The molecule has 7 heteroatoms. The summed E-state index contributed by atoms with van der Waals surface area (Å²) in [5, 5.41) is 11.2. The van der Waals surface area contributed by atoms with Crippen molar-refractivity contribution >= 4 is 40.1 Å². The van der Waals surface area contributed by atoms with Crippen molar-refractivity contribution in [1.29, 1.82) is 0 Å². The summed E-state index contributed by atoms with van der Waals surface area (Å²) in [6.45, 7) is 1.80. The van der Waals surface area contributed by atoms with E-state index in [1.807, 2.05) is 17.5 Å². The first-order valence-electron chi connectivity index (χ1n) is 6.85. The van der Waals surface area contributed by atoms with E-state index in [4.69, 9.17) is 0 Å². The van der Waals surface area contributed by atoms with Gasteiger partial charge in [0, 0.05) is 36.9 Å². The fourth-order valence-electron chi connectivity index (χ4n) is 2.31. The van der Waals surface area contributed by atoms with Crippen LogP contribution in [0.25, 0.3) is 0 Å². The number of thioether (sulfide) groups is 1. The highest BCUT2D eigenvalue weighted by Crippen LogP contribution is 2.23. The maximum atomic E-state index is 12.2. The standard InChI is InChI=1S/C15H17NO4S2/c1-10(17)21-6-4-14(18)16-9-11(8-13(16)15(19)20)7-12-3-2-5-22-12/h2-3,5,8,13H,4,6-7,9H2,1H3,(H,19,20)/t13-/m0/s1. The minimum atomic E-state index is -1.02. The number of carbonyl (C=O) groups excluding carboxylic acids is 2. The van der Waals surface area contributed by atoms with Crippen LogP contribution in [0.15, 0.2) is 29.2 Å². The van der Waals surface area contributed by atoms with Crippen molar-refractivity contribution in [2.75, 3.05) is 12.3 Å². The summed E-state index contributed by atoms with van der Waals surface area (Å²) in [5.41, 5.74) is 0.947. The Morgan fingerprint density at radius 1 is 1.45 bits per heavy atom. The average molecular weight is 339 g/mol.